The van der Waals surface area contributed by atoms with Crippen molar-refractivity contribution in [3.8, 4) is 5.75 Å². The Bertz CT molecular complexity index is 802. The van der Waals surface area contributed by atoms with Crippen LogP contribution in [0, 0.1) is 13.8 Å². The SMILES string of the molecule is Cc1cc(C(=O)COc2ccc3ccccc3c2)c(C)s1. The van der Waals surface area contributed by atoms with Crippen LogP contribution >= 0.6 is 11.3 Å². The molecule has 0 fully saturated rings. The highest BCUT2D eigenvalue weighted by Crippen LogP contribution is 2.23. The van der Waals surface area contributed by atoms with Crippen LogP contribution in [0.4, 0.5) is 0 Å². The standard InChI is InChI=1S/C18H16O2S/c1-12-9-17(13(2)21-12)18(19)11-20-16-8-7-14-5-3-4-6-15(14)10-16/h3-10H,11H2,1-2H3. The fourth-order valence-corrected chi connectivity index (χ4v) is 3.33. The number of hydrogen-bond donors (Lipinski definition) is 0. The smallest absolute Gasteiger partial charge is 0.201 e. The first-order chi connectivity index (χ1) is 10.1. The number of fused-ring (bicyclic) bond motifs is 1. The molecule has 106 valence electrons. The Kier molecular flexibility index (Phi) is 3.76. The third-order valence-electron chi connectivity index (χ3n) is 3.43. The molecule has 3 rings (SSSR count). The second-order valence-electron chi connectivity index (χ2n) is 5.05. The molecule has 0 saturated heterocycles. The van der Waals surface area contributed by atoms with Crippen molar-refractivity contribution in [2.75, 3.05) is 6.61 Å². The van der Waals surface area contributed by atoms with Crippen LogP contribution in [-0.4, -0.2) is 12.4 Å². The van der Waals surface area contributed by atoms with Gasteiger partial charge < -0.3 is 4.74 Å². The number of ether oxygens (including phenoxy) is 1. The van der Waals surface area contributed by atoms with E-state index in [0.717, 1.165) is 26.5 Å². The summed E-state index contributed by atoms with van der Waals surface area (Å²) >= 11 is 1.64. The molecule has 0 unspecified atom stereocenters. The van der Waals surface area contributed by atoms with Crippen molar-refractivity contribution in [2.45, 2.75) is 13.8 Å². The van der Waals surface area contributed by atoms with Crippen molar-refractivity contribution >= 4 is 27.9 Å². The summed E-state index contributed by atoms with van der Waals surface area (Å²) in [4.78, 5) is 14.4. The second-order valence-corrected chi connectivity index (χ2v) is 6.51. The Balaban J connectivity index is 1.74. The van der Waals surface area contributed by atoms with E-state index >= 15 is 0 Å². The zero-order valence-electron chi connectivity index (χ0n) is 12.1. The van der Waals surface area contributed by atoms with Gasteiger partial charge in [-0.25, -0.2) is 0 Å². The summed E-state index contributed by atoms with van der Waals surface area (Å²) in [6.07, 6.45) is 0. The van der Waals surface area contributed by atoms with E-state index in [9.17, 15) is 4.79 Å². The summed E-state index contributed by atoms with van der Waals surface area (Å²) in [6, 6.07) is 15.9. The molecule has 21 heavy (non-hydrogen) atoms. The van der Waals surface area contributed by atoms with E-state index in [1.54, 1.807) is 11.3 Å². The molecule has 1 aromatic heterocycles. The molecule has 0 bridgehead atoms. The first kappa shape index (κ1) is 13.8. The summed E-state index contributed by atoms with van der Waals surface area (Å²) in [6.45, 7) is 4.06. The Morgan fingerprint density at radius 1 is 1.05 bits per heavy atom. The lowest BCUT2D eigenvalue weighted by Crippen LogP contribution is -2.11. The lowest BCUT2D eigenvalue weighted by molar-refractivity contribution is 0.0921. The van der Waals surface area contributed by atoms with E-state index in [0.29, 0.717) is 0 Å². The van der Waals surface area contributed by atoms with Gasteiger partial charge in [-0.15, -0.1) is 11.3 Å². The van der Waals surface area contributed by atoms with Crippen molar-refractivity contribution in [3.63, 3.8) is 0 Å². The van der Waals surface area contributed by atoms with Gasteiger partial charge in [0.05, 0.1) is 0 Å². The highest BCUT2D eigenvalue weighted by Gasteiger charge is 2.12. The molecular weight excluding hydrogens is 280 g/mol. The fourth-order valence-electron chi connectivity index (χ4n) is 2.39. The minimum Gasteiger partial charge on any atom is -0.485 e. The average Bonchev–Trinajstić information content (AvgIpc) is 2.83. The molecule has 0 aliphatic carbocycles. The minimum absolute atomic E-state index is 0.0324. The van der Waals surface area contributed by atoms with Crippen LogP contribution in [0.2, 0.25) is 0 Å². The molecular formula is C18H16O2S. The molecule has 0 aliphatic heterocycles. The molecule has 0 atom stereocenters. The van der Waals surface area contributed by atoms with Crippen LogP contribution < -0.4 is 4.74 Å². The maximum Gasteiger partial charge on any atom is 0.201 e. The van der Waals surface area contributed by atoms with E-state index in [2.05, 4.69) is 6.07 Å². The first-order valence-electron chi connectivity index (χ1n) is 6.85. The van der Waals surface area contributed by atoms with Crippen LogP contribution in [0.15, 0.2) is 48.5 Å². The summed E-state index contributed by atoms with van der Waals surface area (Å²) in [5.74, 6) is 0.761. The summed E-state index contributed by atoms with van der Waals surface area (Å²) in [5, 5.41) is 2.28. The predicted octanol–water partition coefficient (Wildman–Crippen LogP) is 4.78. The second kappa shape index (κ2) is 5.70. The van der Waals surface area contributed by atoms with Gasteiger partial charge in [0.1, 0.15) is 5.75 Å². The third-order valence-corrected chi connectivity index (χ3v) is 4.40. The van der Waals surface area contributed by atoms with Gasteiger partial charge >= 0.3 is 0 Å². The molecule has 3 heteroatoms. The molecule has 0 radical (unpaired) electrons. The summed E-state index contributed by atoms with van der Waals surface area (Å²) < 4.78 is 5.65. The number of benzene rings is 2. The number of carbonyl (C=O) groups excluding carboxylic acids is 1. The van der Waals surface area contributed by atoms with Crippen LogP contribution in [0.5, 0.6) is 5.75 Å². The van der Waals surface area contributed by atoms with E-state index in [1.165, 1.54) is 5.39 Å². The Morgan fingerprint density at radius 3 is 2.52 bits per heavy atom. The topological polar surface area (TPSA) is 26.3 Å². The average molecular weight is 296 g/mol. The molecule has 0 aliphatic rings. The number of aryl methyl sites for hydroxylation is 2. The van der Waals surface area contributed by atoms with Gasteiger partial charge in [-0.1, -0.05) is 30.3 Å². The molecule has 0 saturated carbocycles. The third kappa shape index (κ3) is 2.98. The predicted molar refractivity (Wildman–Crippen MR) is 87.6 cm³/mol. The van der Waals surface area contributed by atoms with Gasteiger partial charge in [-0.05, 0) is 42.8 Å². The number of ketones is 1. The lowest BCUT2D eigenvalue weighted by Gasteiger charge is -2.06. The molecule has 2 nitrogen and oxygen atoms in total. The summed E-state index contributed by atoms with van der Waals surface area (Å²) in [5.41, 5.74) is 0.776. The highest BCUT2D eigenvalue weighted by molar-refractivity contribution is 7.12. The molecule has 0 N–H and O–H groups in total. The Morgan fingerprint density at radius 2 is 1.81 bits per heavy atom. The van der Waals surface area contributed by atoms with E-state index in [-0.39, 0.29) is 12.4 Å². The number of hydrogen-bond acceptors (Lipinski definition) is 3. The maximum absolute atomic E-state index is 12.2. The zero-order chi connectivity index (χ0) is 14.8. The van der Waals surface area contributed by atoms with Gasteiger partial charge in [0, 0.05) is 15.3 Å². The van der Waals surface area contributed by atoms with E-state index in [4.69, 9.17) is 4.74 Å². The van der Waals surface area contributed by atoms with Gasteiger partial charge in [-0.3, -0.25) is 4.79 Å². The maximum atomic E-state index is 12.2. The molecule has 3 aromatic rings. The van der Waals surface area contributed by atoms with Crippen LogP contribution in [0.3, 0.4) is 0 Å². The molecule has 0 spiro atoms. The monoisotopic (exact) mass is 296 g/mol. The van der Waals surface area contributed by atoms with Crippen LogP contribution in [-0.2, 0) is 0 Å². The van der Waals surface area contributed by atoms with Crippen LogP contribution in [0.1, 0.15) is 20.1 Å². The van der Waals surface area contributed by atoms with Crippen molar-refractivity contribution in [1.29, 1.82) is 0 Å². The fraction of sp³-hybridized carbons (Fsp3) is 0.167. The van der Waals surface area contributed by atoms with Gasteiger partial charge in [0.15, 0.2) is 6.61 Å². The van der Waals surface area contributed by atoms with E-state index < -0.39 is 0 Å². The van der Waals surface area contributed by atoms with Gasteiger partial charge in [-0.2, -0.15) is 0 Å². The lowest BCUT2D eigenvalue weighted by atomic mass is 10.1. The van der Waals surface area contributed by atoms with Crippen molar-refractivity contribution in [3.05, 3.63) is 63.8 Å². The number of thiophene rings is 1. The van der Waals surface area contributed by atoms with Crippen LogP contribution in [0.25, 0.3) is 10.8 Å². The number of carbonyl (C=O) groups is 1. The first-order valence-corrected chi connectivity index (χ1v) is 7.67. The summed E-state index contributed by atoms with van der Waals surface area (Å²) in [7, 11) is 0. The van der Waals surface area contributed by atoms with Crippen molar-refractivity contribution < 1.29 is 9.53 Å². The van der Waals surface area contributed by atoms with E-state index in [1.807, 2.05) is 56.3 Å². The van der Waals surface area contributed by atoms with Gasteiger partial charge in [0.25, 0.3) is 0 Å². The van der Waals surface area contributed by atoms with Crippen molar-refractivity contribution in [2.24, 2.45) is 0 Å². The molecule has 2 aromatic carbocycles. The molecule has 1 heterocycles. The zero-order valence-corrected chi connectivity index (χ0v) is 12.9. The normalized spacial score (nSPS) is 10.8. The van der Waals surface area contributed by atoms with Crippen molar-refractivity contribution in [1.82, 2.24) is 0 Å². The minimum atomic E-state index is 0.0324. The number of rotatable bonds is 4. The highest BCUT2D eigenvalue weighted by atomic mass is 32.1. The van der Waals surface area contributed by atoms with Gasteiger partial charge in [0.2, 0.25) is 5.78 Å². The quantitative estimate of drug-likeness (QED) is 0.648. The largest absolute Gasteiger partial charge is 0.485 e. The Hall–Kier alpha value is -2.13. The molecule has 0 amide bonds. The number of Topliss-reactive ketones (excluding diaryl/α,β-unsaturated/α-hetero) is 1. The Labute approximate surface area is 128 Å².